The van der Waals surface area contributed by atoms with Crippen LogP contribution in [0.15, 0.2) is 84.9 Å². The van der Waals surface area contributed by atoms with Crippen molar-refractivity contribution in [2.45, 2.75) is 38.8 Å². The maximum atomic E-state index is 14.1. The fraction of sp³-hybridized carbons (Fsp3) is 0.333. The molecule has 1 N–H and O–H groups in total. The van der Waals surface area contributed by atoms with E-state index in [1.54, 1.807) is 54.6 Å². The number of halogens is 1. The maximum absolute atomic E-state index is 14.1. The third-order valence-electron chi connectivity index (χ3n) is 6.43. The Labute approximate surface area is 242 Å². The second kappa shape index (κ2) is 14.8. The van der Waals surface area contributed by atoms with Crippen LogP contribution >= 0.6 is 11.6 Å². The van der Waals surface area contributed by atoms with Crippen molar-refractivity contribution >= 4 is 39.3 Å². The standard InChI is InChI=1S/C30H37ClN4O4S/c1-4-5-20-32-30(37)28(21-24-12-8-6-9-13-24)34(22-25-16-18-26(31)19-17-25)29(36)23-35(40(38,39)33(2)3)27-14-10-7-11-15-27/h6-19,28H,4-5,20-23H2,1-3H3,(H,32,37). The van der Waals surface area contributed by atoms with Gasteiger partial charge in [0.25, 0.3) is 0 Å². The molecule has 0 bridgehead atoms. The normalized spacial score (nSPS) is 12.1. The summed E-state index contributed by atoms with van der Waals surface area (Å²) in [4.78, 5) is 29.2. The molecule has 0 saturated heterocycles. The van der Waals surface area contributed by atoms with Gasteiger partial charge in [-0.15, -0.1) is 0 Å². The van der Waals surface area contributed by atoms with Gasteiger partial charge in [-0.05, 0) is 41.8 Å². The van der Waals surface area contributed by atoms with Gasteiger partial charge in [-0.3, -0.25) is 9.59 Å². The molecule has 0 aliphatic carbocycles. The van der Waals surface area contributed by atoms with E-state index in [0.29, 0.717) is 17.3 Å². The number of rotatable bonds is 14. The Morgan fingerprint density at radius 3 is 2.05 bits per heavy atom. The number of hydrogen-bond donors (Lipinski definition) is 1. The van der Waals surface area contributed by atoms with Crippen molar-refractivity contribution < 1.29 is 18.0 Å². The Bertz CT molecular complexity index is 1340. The summed E-state index contributed by atoms with van der Waals surface area (Å²) in [6.45, 7) is 2.13. The lowest BCUT2D eigenvalue weighted by molar-refractivity contribution is -0.140. The van der Waals surface area contributed by atoms with Gasteiger partial charge < -0.3 is 10.2 Å². The van der Waals surface area contributed by atoms with Crippen LogP contribution in [-0.4, -0.2) is 62.7 Å². The van der Waals surface area contributed by atoms with Crippen LogP contribution in [0.5, 0.6) is 0 Å². The quantitative estimate of drug-likeness (QED) is 0.282. The summed E-state index contributed by atoms with van der Waals surface area (Å²) in [7, 11) is -1.19. The highest BCUT2D eigenvalue weighted by Crippen LogP contribution is 2.22. The third-order valence-corrected chi connectivity index (χ3v) is 8.50. The minimum Gasteiger partial charge on any atom is -0.354 e. The molecule has 0 fully saturated rings. The summed E-state index contributed by atoms with van der Waals surface area (Å²) >= 11 is 6.10. The number of carbonyl (C=O) groups excluding carboxylic acids is 2. The molecule has 0 spiro atoms. The first-order valence-electron chi connectivity index (χ1n) is 13.2. The first kappa shape index (κ1) is 31.1. The molecule has 10 heteroatoms. The molecule has 0 heterocycles. The molecule has 214 valence electrons. The van der Waals surface area contributed by atoms with Crippen molar-refractivity contribution in [3.05, 3.63) is 101 Å². The molecule has 0 aromatic heterocycles. The van der Waals surface area contributed by atoms with Crippen molar-refractivity contribution in [2.75, 3.05) is 31.5 Å². The fourth-order valence-electron chi connectivity index (χ4n) is 4.16. The molecule has 3 rings (SSSR count). The van der Waals surface area contributed by atoms with Crippen LogP contribution in [0.1, 0.15) is 30.9 Å². The van der Waals surface area contributed by atoms with Gasteiger partial charge in [0.05, 0.1) is 5.69 Å². The smallest absolute Gasteiger partial charge is 0.304 e. The molecule has 1 unspecified atom stereocenters. The van der Waals surface area contributed by atoms with Crippen LogP contribution in [0.3, 0.4) is 0 Å². The minimum atomic E-state index is -4.02. The first-order chi connectivity index (χ1) is 19.1. The summed E-state index contributed by atoms with van der Waals surface area (Å²) in [5.41, 5.74) is 2.00. The third kappa shape index (κ3) is 8.55. The zero-order valence-electron chi connectivity index (χ0n) is 23.2. The van der Waals surface area contributed by atoms with Crippen LogP contribution in [0.2, 0.25) is 5.02 Å². The Morgan fingerprint density at radius 1 is 0.875 bits per heavy atom. The average Bonchev–Trinajstić information content (AvgIpc) is 2.95. The lowest BCUT2D eigenvalue weighted by Crippen LogP contribution is -2.54. The van der Waals surface area contributed by atoms with Crippen LogP contribution in [0.4, 0.5) is 5.69 Å². The number of amides is 2. The lowest BCUT2D eigenvalue weighted by Gasteiger charge is -2.34. The first-order valence-corrected chi connectivity index (χ1v) is 15.0. The monoisotopic (exact) mass is 584 g/mol. The Hall–Kier alpha value is -3.40. The molecule has 0 aliphatic heterocycles. The number of para-hydroxylation sites is 1. The number of anilines is 1. The summed E-state index contributed by atoms with van der Waals surface area (Å²) in [5.74, 6) is -0.794. The number of nitrogens with one attached hydrogen (secondary N) is 1. The number of carbonyl (C=O) groups is 2. The van der Waals surface area contributed by atoms with E-state index in [1.807, 2.05) is 37.3 Å². The van der Waals surface area contributed by atoms with Crippen molar-refractivity contribution in [1.29, 1.82) is 0 Å². The Morgan fingerprint density at radius 2 is 1.48 bits per heavy atom. The Kier molecular flexibility index (Phi) is 11.5. The summed E-state index contributed by atoms with van der Waals surface area (Å²) in [6.07, 6.45) is 1.98. The molecule has 0 saturated carbocycles. The van der Waals surface area contributed by atoms with E-state index in [2.05, 4.69) is 5.32 Å². The summed E-state index contributed by atoms with van der Waals surface area (Å²) in [5, 5.41) is 3.52. The molecular formula is C30H37ClN4O4S. The van der Waals surface area contributed by atoms with Gasteiger partial charge in [0.2, 0.25) is 11.8 Å². The van der Waals surface area contributed by atoms with Gasteiger partial charge in [0.15, 0.2) is 0 Å². The highest BCUT2D eigenvalue weighted by molar-refractivity contribution is 7.90. The lowest BCUT2D eigenvalue weighted by atomic mass is 10.0. The van der Waals surface area contributed by atoms with Crippen molar-refractivity contribution in [1.82, 2.24) is 14.5 Å². The summed E-state index contributed by atoms with van der Waals surface area (Å²) in [6, 6.07) is 24.1. The topological polar surface area (TPSA) is 90.0 Å². The molecule has 3 aromatic rings. The molecule has 40 heavy (non-hydrogen) atoms. The van der Waals surface area contributed by atoms with Crippen LogP contribution in [-0.2, 0) is 32.8 Å². The van der Waals surface area contributed by atoms with E-state index >= 15 is 0 Å². The van der Waals surface area contributed by atoms with E-state index in [0.717, 1.165) is 32.6 Å². The highest BCUT2D eigenvalue weighted by atomic mass is 35.5. The van der Waals surface area contributed by atoms with Crippen LogP contribution < -0.4 is 9.62 Å². The van der Waals surface area contributed by atoms with Crippen LogP contribution in [0, 0.1) is 0 Å². The second-order valence-electron chi connectivity index (χ2n) is 9.63. The van der Waals surface area contributed by atoms with E-state index in [-0.39, 0.29) is 18.9 Å². The molecule has 3 aromatic carbocycles. The maximum Gasteiger partial charge on any atom is 0.304 e. The van der Waals surface area contributed by atoms with Crippen molar-refractivity contribution in [3.8, 4) is 0 Å². The van der Waals surface area contributed by atoms with Gasteiger partial charge in [0.1, 0.15) is 12.6 Å². The molecule has 0 radical (unpaired) electrons. The van der Waals surface area contributed by atoms with Crippen molar-refractivity contribution in [2.24, 2.45) is 0 Å². The van der Waals surface area contributed by atoms with E-state index in [4.69, 9.17) is 11.6 Å². The Balaban J connectivity index is 2.05. The second-order valence-corrected chi connectivity index (χ2v) is 12.1. The number of nitrogens with zero attached hydrogens (tertiary/aromatic N) is 3. The summed E-state index contributed by atoms with van der Waals surface area (Å²) < 4.78 is 28.8. The number of benzene rings is 3. The van der Waals surface area contributed by atoms with Crippen molar-refractivity contribution in [3.63, 3.8) is 0 Å². The van der Waals surface area contributed by atoms with Gasteiger partial charge in [-0.1, -0.05) is 85.6 Å². The van der Waals surface area contributed by atoms with Crippen LogP contribution in [0.25, 0.3) is 0 Å². The molecule has 0 aliphatic rings. The highest BCUT2D eigenvalue weighted by Gasteiger charge is 2.34. The zero-order chi connectivity index (χ0) is 29.1. The van der Waals surface area contributed by atoms with Gasteiger partial charge >= 0.3 is 10.2 Å². The predicted molar refractivity (Wildman–Crippen MR) is 160 cm³/mol. The molecule has 2 amide bonds. The van der Waals surface area contributed by atoms with Gasteiger partial charge in [-0.25, -0.2) is 4.31 Å². The average molecular weight is 585 g/mol. The van der Waals surface area contributed by atoms with E-state index in [9.17, 15) is 18.0 Å². The van der Waals surface area contributed by atoms with Gasteiger partial charge in [-0.2, -0.15) is 12.7 Å². The fourth-order valence-corrected chi connectivity index (χ4v) is 5.34. The predicted octanol–water partition coefficient (Wildman–Crippen LogP) is 4.51. The largest absolute Gasteiger partial charge is 0.354 e. The number of hydrogen-bond acceptors (Lipinski definition) is 4. The van der Waals surface area contributed by atoms with E-state index in [1.165, 1.54) is 19.0 Å². The molecular weight excluding hydrogens is 548 g/mol. The zero-order valence-corrected chi connectivity index (χ0v) is 24.7. The van der Waals surface area contributed by atoms with E-state index < -0.39 is 28.7 Å². The molecule has 1 atom stereocenters. The van der Waals surface area contributed by atoms with Gasteiger partial charge in [0, 0.05) is 38.6 Å². The SMILES string of the molecule is CCCCNC(=O)C(Cc1ccccc1)N(Cc1ccc(Cl)cc1)C(=O)CN(c1ccccc1)S(=O)(=O)N(C)C. The minimum absolute atomic E-state index is 0.0966. The number of unbranched alkanes of at least 4 members (excludes halogenated alkanes) is 1. The molecule has 8 nitrogen and oxygen atoms in total.